The number of aliphatic hydroxyl groups excluding tert-OH is 2. The lowest BCUT2D eigenvalue weighted by molar-refractivity contribution is -0.223. The molecule has 2 aromatic carbocycles. The first-order chi connectivity index (χ1) is 23.0. The van der Waals surface area contributed by atoms with E-state index in [1.807, 2.05) is 36.9 Å². The van der Waals surface area contributed by atoms with Crippen LogP contribution in [0.2, 0.25) is 0 Å². The fraction of sp³-hybridized carbons (Fsp3) is 0.553. The highest BCUT2D eigenvalue weighted by Gasteiger charge is 2.63. The first kappa shape index (κ1) is 35.5. The largest absolute Gasteiger partial charge is 0.489 e. The highest BCUT2D eigenvalue weighted by atomic mass is 32.2. The van der Waals surface area contributed by atoms with Gasteiger partial charge in [-0.25, -0.2) is 4.39 Å². The quantitative estimate of drug-likeness (QED) is 0.0952. The van der Waals surface area contributed by atoms with E-state index < -0.39 is 5.79 Å². The van der Waals surface area contributed by atoms with Crippen molar-refractivity contribution in [2.24, 2.45) is 22.9 Å². The van der Waals surface area contributed by atoms with Crippen LogP contribution in [-0.4, -0.2) is 59.1 Å². The van der Waals surface area contributed by atoms with Gasteiger partial charge >= 0.3 is 0 Å². The zero-order chi connectivity index (χ0) is 33.2. The number of benzene rings is 2. The van der Waals surface area contributed by atoms with E-state index in [2.05, 4.69) is 25.6 Å². The monoisotopic (exact) mass is 667 g/mol. The Morgan fingerprint density at radius 1 is 1.09 bits per heavy atom. The molecule has 0 bridgehead atoms. The lowest BCUT2D eigenvalue weighted by Crippen LogP contribution is -2.64. The van der Waals surface area contributed by atoms with Crippen LogP contribution >= 0.6 is 11.8 Å². The van der Waals surface area contributed by atoms with Gasteiger partial charge in [-0.05, 0) is 80.0 Å². The van der Waals surface area contributed by atoms with Crippen LogP contribution in [0.3, 0.4) is 0 Å². The van der Waals surface area contributed by atoms with Gasteiger partial charge in [0.15, 0.2) is 0 Å². The highest BCUT2D eigenvalue weighted by molar-refractivity contribution is 8.00. The molecule has 2 N–H and O–H groups in total. The summed E-state index contributed by atoms with van der Waals surface area (Å²) in [5.74, 6) is 1.27. The van der Waals surface area contributed by atoms with Crippen molar-refractivity contribution in [2.75, 3.05) is 32.2 Å². The third-order valence-electron chi connectivity index (χ3n) is 9.64. The van der Waals surface area contributed by atoms with Crippen LogP contribution < -0.4 is 9.47 Å². The summed E-state index contributed by atoms with van der Waals surface area (Å²) in [5.41, 5.74) is 3.58. The number of halogens is 1. The van der Waals surface area contributed by atoms with Crippen molar-refractivity contribution in [1.82, 2.24) is 0 Å². The molecule has 0 saturated heterocycles. The van der Waals surface area contributed by atoms with E-state index in [1.54, 1.807) is 18.2 Å². The molecule has 1 heterocycles. The Labute approximate surface area is 283 Å². The van der Waals surface area contributed by atoms with E-state index in [1.165, 1.54) is 6.07 Å². The van der Waals surface area contributed by atoms with Gasteiger partial charge in [-0.1, -0.05) is 55.3 Å². The molecule has 1 fully saturated rings. The summed E-state index contributed by atoms with van der Waals surface area (Å²) in [6.07, 6.45) is 9.91. The summed E-state index contributed by atoms with van der Waals surface area (Å²) in [5, 5.41) is 24.1. The van der Waals surface area contributed by atoms with Gasteiger partial charge in [0.05, 0.1) is 23.5 Å². The number of hydrogen-bond acceptors (Lipinski definition) is 8. The number of hydrogen-bond donors (Lipinski definition) is 2. The van der Waals surface area contributed by atoms with E-state index in [0.29, 0.717) is 30.9 Å². The summed E-state index contributed by atoms with van der Waals surface area (Å²) in [4.78, 5) is 5.73. The Bertz CT molecular complexity index is 1400. The van der Waals surface area contributed by atoms with Crippen LogP contribution in [0.5, 0.6) is 11.5 Å². The summed E-state index contributed by atoms with van der Waals surface area (Å²) in [7, 11) is 0. The smallest absolute Gasteiger partial charge is 0.230 e. The molecule has 256 valence electrons. The second kappa shape index (κ2) is 17.0. The number of oxime groups is 1. The van der Waals surface area contributed by atoms with Crippen LogP contribution in [0.15, 0.2) is 71.9 Å². The minimum Gasteiger partial charge on any atom is -0.489 e. The third kappa shape index (κ3) is 7.74. The molecule has 1 saturated carbocycles. The van der Waals surface area contributed by atoms with Gasteiger partial charge in [0.1, 0.15) is 30.5 Å². The normalized spacial score (nSPS) is 27.0. The molecule has 0 spiro atoms. The summed E-state index contributed by atoms with van der Waals surface area (Å²) >= 11 is 1.82. The van der Waals surface area contributed by atoms with Crippen molar-refractivity contribution in [2.45, 2.75) is 82.4 Å². The maximum atomic E-state index is 14.5. The molecule has 2 aromatic rings. The molecule has 0 amide bonds. The molecule has 6 atom stereocenters. The first-order valence-corrected chi connectivity index (χ1v) is 18.2. The molecule has 0 radical (unpaired) electrons. The predicted octanol–water partition coefficient (Wildman–Crippen LogP) is 7.81. The molecular formula is C38H50FNO6S. The second-order valence-electron chi connectivity index (χ2n) is 12.5. The number of rotatable bonds is 18. The van der Waals surface area contributed by atoms with E-state index in [9.17, 15) is 14.6 Å². The van der Waals surface area contributed by atoms with E-state index in [-0.39, 0.29) is 54.6 Å². The number of allylic oxidation sites excluding steroid dienone is 1. The van der Waals surface area contributed by atoms with Gasteiger partial charge in [-0.3, -0.25) is 0 Å². The molecule has 5 rings (SSSR count). The van der Waals surface area contributed by atoms with E-state index in [0.717, 1.165) is 66.9 Å². The number of ether oxygens (including phenoxy) is 3. The molecule has 9 heteroatoms. The summed E-state index contributed by atoms with van der Waals surface area (Å²) in [6, 6.07) is 12.6. The van der Waals surface area contributed by atoms with Crippen molar-refractivity contribution < 1.29 is 33.7 Å². The molecule has 47 heavy (non-hydrogen) atoms. The van der Waals surface area contributed by atoms with Crippen molar-refractivity contribution in [3.05, 3.63) is 83.7 Å². The molecule has 1 aliphatic heterocycles. The predicted molar refractivity (Wildman–Crippen MR) is 185 cm³/mol. The molecule has 0 aromatic heterocycles. The van der Waals surface area contributed by atoms with Gasteiger partial charge in [0.2, 0.25) is 5.79 Å². The topological polar surface area (TPSA) is 89.7 Å². The minimum absolute atomic E-state index is 0.00882. The number of aliphatic hydroxyl groups is 2. The number of fused-ring (bicyclic) bond motifs is 2. The highest BCUT2D eigenvalue weighted by Crippen LogP contribution is 2.62. The summed E-state index contributed by atoms with van der Waals surface area (Å²) in [6.45, 7) is 9.30. The van der Waals surface area contributed by atoms with Gasteiger partial charge in [0, 0.05) is 36.7 Å². The fourth-order valence-electron chi connectivity index (χ4n) is 7.69. The Balaban J connectivity index is 1.67. The Hall–Kier alpha value is -2.85. The van der Waals surface area contributed by atoms with Gasteiger partial charge < -0.3 is 29.3 Å². The Kier molecular flexibility index (Phi) is 12.8. The number of thioether (sulfide) groups is 1. The Morgan fingerprint density at radius 2 is 1.87 bits per heavy atom. The SMILES string of the molecule is C=CCO[C@@]12Oc3ccc(OCc4ccccc4F)cc3[C@H]3[C@H](CCCCO)[C@@H](CCCCO)C=C(C(=NOCC)C[C@@H]1SCC)[C@H]32. The van der Waals surface area contributed by atoms with E-state index >= 15 is 0 Å². The minimum atomic E-state index is -0.968. The lowest BCUT2D eigenvalue weighted by atomic mass is 9.56. The van der Waals surface area contributed by atoms with Gasteiger partial charge in [-0.15, -0.1) is 6.58 Å². The van der Waals surface area contributed by atoms with Gasteiger partial charge in [0.25, 0.3) is 0 Å². The maximum absolute atomic E-state index is 14.5. The van der Waals surface area contributed by atoms with Crippen LogP contribution in [0.25, 0.3) is 0 Å². The van der Waals surface area contributed by atoms with Crippen molar-refractivity contribution >= 4 is 17.5 Å². The number of unbranched alkanes of at least 4 members (excludes halogenated alkanes) is 2. The maximum Gasteiger partial charge on any atom is 0.230 e. The molecule has 0 unspecified atom stereocenters. The first-order valence-electron chi connectivity index (χ1n) is 17.2. The Morgan fingerprint density at radius 3 is 2.60 bits per heavy atom. The lowest BCUT2D eigenvalue weighted by Gasteiger charge is -2.58. The van der Waals surface area contributed by atoms with Crippen LogP contribution in [0.1, 0.15) is 75.8 Å². The van der Waals surface area contributed by atoms with Crippen LogP contribution in [-0.2, 0) is 16.2 Å². The average molecular weight is 668 g/mol. The fourth-order valence-corrected chi connectivity index (χ4v) is 8.86. The zero-order valence-corrected chi connectivity index (χ0v) is 28.6. The zero-order valence-electron chi connectivity index (χ0n) is 27.7. The molecule has 3 aliphatic rings. The standard InChI is InChI=1S/C38H50FNO6S/c1-4-21-44-38-35(47-6-3)24-33(40-45-5-2)30-22-26(13-9-11-19-41)29(15-10-12-20-42)36(37(30)38)31-23-28(17-18-34(31)46-38)43-25-27-14-7-8-16-32(27)39/h4,7-8,14,16-18,22-23,26,29,35-37,41-42H,1,5-6,9-13,15,19-21,24-25H2,2-3H3/t26-,29+,35-,36+,37+,38+/m0/s1. The van der Waals surface area contributed by atoms with E-state index in [4.69, 9.17) is 24.2 Å². The molecule has 7 nitrogen and oxygen atoms in total. The van der Waals surface area contributed by atoms with Crippen molar-refractivity contribution in [3.8, 4) is 11.5 Å². The summed E-state index contributed by atoms with van der Waals surface area (Å²) < 4.78 is 34.6. The molecule has 2 aliphatic carbocycles. The van der Waals surface area contributed by atoms with Crippen LogP contribution in [0, 0.1) is 23.6 Å². The third-order valence-corrected chi connectivity index (χ3v) is 10.9. The van der Waals surface area contributed by atoms with Crippen LogP contribution in [0.4, 0.5) is 4.39 Å². The van der Waals surface area contributed by atoms with Gasteiger partial charge in [-0.2, -0.15) is 11.8 Å². The average Bonchev–Trinajstić information content (AvgIpc) is 3.08. The van der Waals surface area contributed by atoms with Crippen molar-refractivity contribution in [1.29, 1.82) is 0 Å². The molecular weight excluding hydrogens is 617 g/mol. The van der Waals surface area contributed by atoms with Crippen molar-refractivity contribution in [3.63, 3.8) is 0 Å². The second-order valence-corrected chi connectivity index (χ2v) is 14.0. The number of nitrogens with zero attached hydrogens (tertiary/aromatic N) is 1.